The van der Waals surface area contributed by atoms with E-state index in [4.69, 9.17) is 9.47 Å². The lowest BCUT2D eigenvalue weighted by atomic mass is 10.2. The Morgan fingerprint density at radius 1 is 1.16 bits per heavy atom. The molecule has 0 amide bonds. The Labute approximate surface area is 120 Å². The summed E-state index contributed by atoms with van der Waals surface area (Å²) in [7, 11) is 0. The summed E-state index contributed by atoms with van der Waals surface area (Å²) in [6, 6.07) is 12.4. The predicted molar refractivity (Wildman–Crippen MR) is 78.8 cm³/mol. The van der Waals surface area contributed by atoms with Crippen molar-refractivity contribution in [2.75, 3.05) is 12.1 Å². The molecule has 0 bridgehead atoms. The van der Waals surface area contributed by atoms with Crippen LogP contribution in [-0.4, -0.2) is 6.79 Å². The van der Waals surface area contributed by atoms with Crippen molar-refractivity contribution in [3.05, 3.63) is 52.0 Å². The van der Waals surface area contributed by atoms with Crippen molar-refractivity contribution in [3.8, 4) is 11.5 Å². The van der Waals surface area contributed by atoms with Crippen LogP contribution in [0.15, 0.2) is 40.9 Å². The molecule has 0 saturated carbocycles. The fourth-order valence-corrected chi connectivity index (χ4v) is 2.60. The number of nitrogens with one attached hydrogen (secondary N) is 1. The molecule has 0 spiro atoms. The second kappa shape index (κ2) is 5.13. The molecule has 0 radical (unpaired) electrons. The van der Waals surface area contributed by atoms with Gasteiger partial charge < -0.3 is 14.8 Å². The lowest BCUT2D eigenvalue weighted by Crippen LogP contribution is -1.99. The standard InChI is InChI=1S/C15H14BrNO2/c1-10-2-4-12(5-3-10)17-8-11-6-13(16)15-14(7-11)18-9-19-15/h2-7,17H,8-9H2,1H3. The third-order valence-electron chi connectivity index (χ3n) is 3.04. The monoisotopic (exact) mass is 319 g/mol. The highest BCUT2D eigenvalue weighted by molar-refractivity contribution is 9.10. The number of hydrogen-bond donors (Lipinski definition) is 1. The molecule has 0 aromatic heterocycles. The van der Waals surface area contributed by atoms with Crippen LogP contribution in [0.4, 0.5) is 5.69 Å². The fraction of sp³-hybridized carbons (Fsp3) is 0.200. The van der Waals surface area contributed by atoms with Gasteiger partial charge in [0.2, 0.25) is 6.79 Å². The second-order valence-electron chi connectivity index (χ2n) is 4.53. The van der Waals surface area contributed by atoms with Crippen LogP contribution in [0.3, 0.4) is 0 Å². The predicted octanol–water partition coefficient (Wildman–Crippen LogP) is 4.10. The largest absolute Gasteiger partial charge is 0.454 e. The summed E-state index contributed by atoms with van der Waals surface area (Å²) in [5, 5.41) is 3.39. The average Bonchev–Trinajstić information content (AvgIpc) is 2.87. The van der Waals surface area contributed by atoms with Crippen LogP contribution in [-0.2, 0) is 6.54 Å². The Hall–Kier alpha value is -1.68. The van der Waals surface area contributed by atoms with E-state index in [9.17, 15) is 0 Å². The van der Waals surface area contributed by atoms with Crippen molar-refractivity contribution in [2.45, 2.75) is 13.5 Å². The first-order valence-electron chi connectivity index (χ1n) is 6.11. The Balaban J connectivity index is 1.73. The van der Waals surface area contributed by atoms with Crippen LogP contribution >= 0.6 is 15.9 Å². The first-order valence-corrected chi connectivity index (χ1v) is 6.90. The third-order valence-corrected chi connectivity index (χ3v) is 3.62. The van der Waals surface area contributed by atoms with Crippen molar-refractivity contribution in [2.24, 2.45) is 0 Å². The average molecular weight is 320 g/mol. The van der Waals surface area contributed by atoms with Gasteiger partial charge in [-0.15, -0.1) is 0 Å². The third kappa shape index (κ3) is 2.68. The number of aryl methyl sites for hydroxylation is 1. The van der Waals surface area contributed by atoms with Gasteiger partial charge in [-0.3, -0.25) is 0 Å². The van der Waals surface area contributed by atoms with Crippen LogP contribution in [0.5, 0.6) is 11.5 Å². The highest BCUT2D eigenvalue weighted by atomic mass is 79.9. The van der Waals surface area contributed by atoms with E-state index in [2.05, 4.69) is 58.5 Å². The van der Waals surface area contributed by atoms with Crippen molar-refractivity contribution in [3.63, 3.8) is 0 Å². The number of halogens is 1. The topological polar surface area (TPSA) is 30.5 Å². The molecule has 4 heteroatoms. The van der Waals surface area contributed by atoms with E-state index in [-0.39, 0.29) is 0 Å². The number of hydrogen-bond acceptors (Lipinski definition) is 3. The number of benzene rings is 2. The molecule has 0 fully saturated rings. The van der Waals surface area contributed by atoms with E-state index in [0.29, 0.717) is 6.79 Å². The molecule has 3 nitrogen and oxygen atoms in total. The number of rotatable bonds is 3. The molecule has 1 aliphatic rings. The van der Waals surface area contributed by atoms with Crippen molar-refractivity contribution < 1.29 is 9.47 Å². The van der Waals surface area contributed by atoms with Crippen LogP contribution in [0.2, 0.25) is 0 Å². The van der Waals surface area contributed by atoms with Crippen LogP contribution in [0, 0.1) is 6.92 Å². The van der Waals surface area contributed by atoms with E-state index < -0.39 is 0 Å². The molecule has 19 heavy (non-hydrogen) atoms. The molecule has 98 valence electrons. The van der Waals surface area contributed by atoms with Gasteiger partial charge in [-0.25, -0.2) is 0 Å². The summed E-state index contributed by atoms with van der Waals surface area (Å²) < 4.78 is 11.7. The van der Waals surface area contributed by atoms with Crippen LogP contribution < -0.4 is 14.8 Å². The van der Waals surface area contributed by atoms with Gasteiger partial charge in [-0.1, -0.05) is 17.7 Å². The minimum absolute atomic E-state index is 0.294. The molecule has 1 N–H and O–H groups in total. The molecule has 0 saturated heterocycles. The van der Waals surface area contributed by atoms with Crippen LogP contribution in [0.1, 0.15) is 11.1 Å². The summed E-state index contributed by atoms with van der Waals surface area (Å²) in [6.45, 7) is 3.12. The van der Waals surface area contributed by atoms with E-state index in [0.717, 1.165) is 33.8 Å². The Morgan fingerprint density at radius 2 is 1.95 bits per heavy atom. The van der Waals surface area contributed by atoms with Gasteiger partial charge >= 0.3 is 0 Å². The van der Waals surface area contributed by atoms with Gasteiger partial charge in [-0.2, -0.15) is 0 Å². The normalized spacial score (nSPS) is 12.5. The maximum atomic E-state index is 5.41. The minimum Gasteiger partial charge on any atom is -0.454 e. The SMILES string of the molecule is Cc1ccc(NCc2cc(Br)c3c(c2)OCO3)cc1. The van der Waals surface area contributed by atoms with Gasteiger partial charge in [-0.05, 0) is 52.7 Å². The van der Waals surface area contributed by atoms with E-state index >= 15 is 0 Å². The zero-order valence-corrected chi connectivity index (χ0v) is 12.2. The molecule has 2 aromatic rings. The van der Waals surface area contributed by atoms with Gasteiger partial charge in [0.05, 0.1) is 4.47 Å². The number of ether oxygens (including phenoxy) is 2. The molecule has 0 atom stereocenters. The highest BCUT2D eigenvalue weighted by Gasteiger charge is 2.17. The van der Waals surface area contributed by atoms with E-state index in [1.54, 1.807) is 0 Å². The first kappa shape index (κ1) is 12.4. The van der Waals surface area contributed by atoms with E-state index in [1.807, 2.05) is 6.07 Å². The minimum atomic E-state index is 0.294. The summed E-state index contributed by atoms with van der Waals surface area (Å²) in [5.74, 6) is 1.59. The molecule has 2 aromatic carbocycles. The Bertz CT molecular complexity index is 596. The first-order chi connectivity index (χ1) is 9.22. The van der Waals surface area contributed by atoms with Gasteiger partial charge in [0.25, 0.3) is 0 Å². The Kier molecular flexibility index (Phi) is 3.34. The fourth-order valence-electron chi connectivity index (χ4n) is 2.00. The molecule has 0 aliphatic carbocycles. The van der Waals surface area contributed by atoms with Gasteiger partial charge in [0.1, 0.15) is 0 Å². The Morgan fingerprint density at radius 3 is 2.74 bits per heavy atom. The quantitative estimate of drug-likeness (QED) is 0.924. The van der Waals surface area contributed by atoms with Crippen molar-refractivity contribution in [1.82, 2.24) is 0 Å². The van der Waals surface area contributed by atoms with Crippen molar-refractivity contribution >= 4 is 21.6 Å². The molecule has 0 unspecified atom stereocenters. The maximum Gasteiger partial charge on any atom is 0.231 e. The van der Waals surface area contributed by atoms with Gasteiger partial charge in [0, 0.05) is 12.2 Å². The number of fused-ring (bicyclic) bond motifs is 1. The van der Waals surface area contributed by atoms with Gasteiger partial charge in [0.15, 0.2) is 11.5 Å². The molecule has 1 aliphatic heterocycles. The lowest BCUT2D eigenvalue weighted by molar-refractivity contribution is 0.173. The summed E-state index contributed by atoms with van der Waals surface area (Å²) in [5.41, 5.74) is 3.52. The number of anilines is 1. The molecule has 3 rings (SSSR count). The molecular formula is C15H14BrNO2. The zero-order chi connectivity index (χ0) is 13.2. The van der Waals surface area contributed by atoms with Crippen molar-refractivity contribution in [1.29, 1.82) is 0 Å². The summed E-state index contributed by atoms with van der Waals surface area (Å²) in [6.07, 6.45) is 0. The molecular weight excluding hydrogens is 306 g/mol. The summed E-state index contributed by atoms with van der Waals surface area (Å²) >= 11 is 3.50. The zero-order valence-electron chi connectivity index (χ0n) is 10.6. The molecule has 1 heterocycles. The smallest absolute Gasteiger partial charge is 0.231 e. The second-order valence-corrected chi connectivity index (χ2v) is 5.39. The highest BCUT2D eigenvalue weighted by Crippen LogP contribution is 2.40. The lowest BCUT2D eigenvalue weighted by Gasteiger charge is -2.08. The van der Waals surface area contributed by atoms with Crippen LogP contribution in [0.25, 0.3) is 0 Å². The maximum absolute atomic E-state index is 5.41. The van der Waals surface area contributed by atoms with E-state index in [1.165, 1.54) is 5.56 Å². The summed E-state index contributed by atoms with van der Waals surface area (Å²) in [4.78, 5) is 0.